The Bertz CT molecular complexity index is 586. The predicted octanol–water partition coefficient (Wildman–Crippen LogP) is 4.50. The number of aryl methyl sites for hydroxylation is 1. The second kappa shape index (κ2) is 7.93. The molecule has 1 N–H and O–H groups in total. The molecule has 0 heterocycles. The first kappa shape index (κ1) is 17.2. The highest BCUT2D eigenvalue weighted by Gasteiger charge is 2.19. The summed E-state index contributed by atoms with van der Waals surface area (Å²) in [6, 6.07) is 8.69. The van der Waals surface area contributed by atoms with Crippen LogP contribution >= 0.6 is 0 Å². The first-order valence-corrected chi connectivity index (χ1v) is 9.68. The van der Waals surface area contributed by atoms with Crippen molar-refractivity contribution >= 4 is 10.1 Å². The number of hydrogen-bond acceptors (Lipinski definition) is 2. The Balaban J connectivity index is 1.91. The van der Waals surface area contributed by atoms with Crippen molar-refractivity contribution in [1.29, 1.82) is 0 Å². The summed E-state index contributed by atoms with van der Waals surface area (Å²) >= 11 is 0. The molecular weight excluding hydrogens is 296 g/mol. The molecular formula is C18H26O3S. The average molecular weight is 322 g/mol. The Morgan fingerprint density at radius 1 is 1.27 bits per heavy atom. The van der Waals surface area contributed by atoms with E-state index in [1.165, 1.54) is 49.3 Å². The summed E-state index contributed by atoms with van der Waals surface area (Å²) in [4.78, 5) is 0. The molecule has 1 saturated carbocycles. The van der Waals surface area contributed by atoms with E-state index in [9.17, 15) is 8.42 Å². The quantitative estimate of drug-likeness (QED) is 0.594. The first-order chi connectivity index (χ1) is 10.5. The molecule has 4 heteroatoms. The molecule has 122 valence electrons. The van der Waals surface area contributed by atoms with Gasteiger partial charge < -0.3 is 0 Å². The summed E-state index contributed by atoms with van der Waals surface area (Å²) in [6.45, 7) is 3.49. The molecule has 0 saturated heterocycles. The zero-order chi connectivity index (χ0) is 16.0. The van der Waals surface area contributed by atoms with Crippen LogP contribution < -0.4 is 0 Å². The summed E-state index contributed by atoms with van der Waals surface area (Å²) in [5.41, 5.74) is 2.67. The van der Waals surface area contributed by atoms with Crippen LogP contribution in [0, 0.1) is 0 Å². The van der Waals surface area contributed by atoms with Crippen LogP contribution in [0.25, 0.3) is 0 Å². The predicted molar refractivity (Wildman–Crippen MR) is 90.7 cm³/mol. The van der Waals surface area contributed by atoms with Gasteiger partial charge in [0, 0.05) is 0 Å². The Hall–Kier alpha value is -1.13. The van der Waals surface area contributed by atoms with Crippen molar-refractivity contribution in [1.82, 2.24) is 0 Å². The van der Waals surface area contributed by atoms with E-state index in [2.05, 4.69) is 30.8 Å². The zero-order valence-electron chi connectivity index (χ0n) is 13.1. The lowest BCUT2D eigenvalue weighted by Crippen LogP contribution is -2.17. The molecule has 0 spiro atoms. The maximum atomic E-state index is 11.1. The summed E-state index contributed by atoms with van der Waals surface area (Å²) < 4.78 is 31.4. The van der Waals surface area contributed by atoms with Gasteiger partial charge in [0.1, 0.15) is 5.25 Å². The van der Waals surface area contributed by atoms with E-state index < -0.39 is 15.4 Å². The average Bonchev–Trinajstić information content (AvgIpc) is 2.51. The molecule has 1 fully saturated rings. The molecule has 22 heavy (non-hydrogen) atoms. The van der Waals surface area contributed by atoms with Crippen molar-refractivity contribution < 1.29 is 13.0 Å². The molecule has 0 radical (unpaired) electrons. The summed E-state index contributed by atoms with van der Waals surface area (Å²) in [5, 5.41) is -0.853. The molecule has 0 aliphatic heterocycles. The van der Waals surface area contributed by atoms with E-state index in [0.29, 0.717) is 12.3 Å². The van der Waals surface area contributed by atoms with Crippen LogP contribution in [0.3, 0.4) is 0 Å². The van der Waals surface area contributed by atoms with Crippen LogP contribution in [0.2, 0.25) is 0 Å². The largest absolute Gasteiger partial charge is 0.285 e. The minimum Gasteiger partial charge on any atom is -0.285 e. The number of benzene rings is 1. The fraction of sp³-hybridized carbons (Fsp3) is 0.556. The molecule has 1 aliphatic carbocycles. The maximum absolute atomic E-state index is 11.1. The highest BCUT2D eigenvalue weighted by molar-refractivity contribution is 7.86. The highest BCUT2D eigenvalue weighted by atomic mass is 32.2. The van der Waals surface area contributed by atoms with Gasteiger partial charge >= 0.3 is 0 Å². The highest BCUT2D eigenvalue weighted by Crippen LogP contribution is 2.33. The van der Waals surface area contributed by atoms with Crippen molar-refractivity contribution in [2.45, 2.75) is 62.5 Å². The lowest BCUT2D eigenvalue weighted by molar-refractivity contribution is 0.443. The Kier molecular flexibility index (Phi) is 6.21. The Labute approximate surface area is 134 Å². The van der Waals surface area contributed by atoms with E-state index >= 15 is 0 Å². The van der Waals surface area contributed by atoms with Crippen LogP contribution in [0.1, 0.15) is 62.0 Å². The summed E-state index contributed by atoms with van der Waals surface area (Å²) in [6.07, 6.45) is 9.85. The summed E-state index contributed by atoms with van der Waals surface area (Å²) in [5.74, 6) is 0.687. The Morgan fingerprint density at radius 3 is 2.64 bits per heavy atom. The van der Waals surface area contributed by atoms with Gasteiger partial charge in [-0.1, -0.05) is 49.6 Å². The lowest BCUT2D eigenvalue weighted by atomic mass is 9.83. The molecule has 1 aromatic rings. The zero-order valence-corrected chi connectivity index (χ0v) is 13.9. The number of rotatable bonds is 7. The van der Waals surface area contributed by atoms with Gasteiger partial charge in [-0.3, -0.25) is 4.55 Å². The summed E-state index contributed by atoms with van der Waals surface area (Å²) in [7, 11) is -4.01. The molecule has 1 unspecified atom stereocenters. The van der Waals surface area contributed by atoms with Crippen LogP contribution in [-0.4, -0.2) is 18.2 Å². The van der Waals surface area contributed by atoms with Crippen LogP contribution in [-0.2, 0) is 16.5 Å². The third-order valence-corrected chi connectivity index (χ3v) is 5.82. The van der Waals surface area contributed by atoms with Crippen molar-refractivity contribution in [3.8, 4) is 0 Å². The SMILES string of the molecule is C=CC(CCCc1cccc(C2CCCCC2)c1)S(=O)(=O)O. The van der Waals surface area contributed by atoms with Gasteiger partial charge in [-0.15, -0.1) is 6.58 Å². The minimum absolute atomic E-state index is 0.413. The van der Waals surface area contributed by atoms with Crippen molar-refractivity contribution in [2.24, 2.45) is 0 Å². The van der Waals surface area contributed by atoms with E-state index in [4.69, 9.17) is 4.55 Å². The third-order valence-electron chi connectivity index (χ3n) is 4.63. The molecule has 2 rings (SSSR count). The van der Waals surface area contributed by atoms with Crippen molar-refractivity contribution in [3.05, 3.63) is 48.0 Å². The minimum atomic E-state index is -4.01. The van der Waals surface area contributed by atoms with Crippen molar-refractivity contribution in [2.75, 3.05) is 0 Å². The van der Waals surface area contributed by atoms with Crippen molar-refractivity contribution in [3.63, 3.8) is 0 Å². The second-order valence-corrected chi connectivity index (χ2v) is 7.90. The molecule has 0 aromatic heterocycles. The van der Waals surface area contributed by atoms with Crippen LogP contribution in [0.15, 0.2) is 36.9 Å². The van der Waals surface area contributed by atoms with Crippen LogP contribution in [0.4, 0.5) is 0 Å². The maximum Gasteiger partial charge on any atom is 0.271 e. The molecule has 0 amide bonds. The van der Waals surface area contributed by atoms with Gasteiger partial charge in [0.15, 0.2) is 0 Å². The first-order valence-electron chi connectivity index (χ1n) is 8.18. The van der Waals surface area contributed by atoms with Gasteiger partial charge in [-0.05, 0) is 49.1 Å². The Morgan fingerprint density at radius 2 is 2.00 bits per heavy atom. The topological polar surface area (TPSA) is 54.4 Å². The van der Waals surface area contributed by atoms with Gasteiger partial charge in [-0.2, -0.15) is 8.42 Å². The monoisotopic (exact) mass is 322 g/mol. The standard InChI is InChI=1S/C18H26O3S/c1-2-18(22(19,20)21)13-7-9-15-8-6-12-17(14-15)16-10-4-3-5-11-16/h2,6,8,12,14,16,18H,1,3-5,7,9-11,13H2,(H,19,20,21). The normalized spacial score (nSPS) is 18.0. The van der Waals surface area contributed by atoms with Crippen LogP contribution in [0.5, 0.6) is 0 Å². The number of hydrogen-bond donors (Lipinski definition) is 1. The van der Waals surface area contributed by atoms with Gasteiger partial charge in [0.2, 0.25) is 0 Å². The van der Waals surface area contributed by atoms with E-state index in [0.717, 1.165) is 12.8 Å². The van der Waals surface area contributed by atoms with E-state index in [1.807, 2.05) is 0 Å². The fourth-order valence-corrected chi connectivity index (χ4v) is 4.04. The molecule has 0 bridgehead atoms. The lowest BCUT2D eigenvalue weighted by Gasteiger charge is -2.22. The van der Waals surface area contributed by atoms with Gasteiger partial charge in [0.05, 0.1) is 0 Å². The fourth-order valence-electron chi connectivity index (χ4n) is 3.33. The molecule has 1 atom stereocenters. The van der Waals surface area contributed by atoms with Gasteiger partial charge in [0.25, 0.3) is 10.1 Å². The van der Waals surface area contributed by atoms with E-state index in [1.54, 1.807) is 0 Å². The molecule has 1 aromatic carbocycles. The third kappa shape index (κ3) is 4.96. The van der Waals surface area contributed by atoms with E-state index in [-0.39, 0.29) is 0 Å². The van der Waals surface area contributed by atoms with Gasteiger partial charge in [-0.25, -0.2) is 0 Å². The molecule has 1 aliphatic rings. The second-order valence-electron chi connectivity index (χ2n) is 6.26. The molecule has 3 nitrogen and oxygen atoms in total. The smallest absolute Gasteiger partial charge is 0.271 e.